The van der Waals surface area contributed by atoms with Gasteiger partial charge in [-0.15, -0.1) is 0 Å². The number of rotatable bonds is 6. The molecule has 26 heavy (non-hydrogen) atoms. The van der Waals surface area contributed by atoms with Gasteiger partial charge >= 0.3 is 5.97 Å². The molecular weight excluding hydrogens is 330 g/mol. The van der Waals surface area contributed by atoms with Gasteiger partial charge in [-0.05, 0) is 24.5 Å². The molecule has 136 valence electrons. The van der Waals surface area contributed by atoms with E-state index in [9.17, 15) is 9.59 Å². The number of likely N-dealkylation sites (tertiary alicyclic amines) is 1. The van der Waals surface area contributed by atoms with Crippen LogP contribution in [0.2, 0.25) is 0 Å². The fourth-order valence-corrected chi connectivity index (χ4v) is 3.26. The second-order valence-electron chi connectivity index (χ2n) is 6.48. The molecule has 5 heteroatoms. The van der Waals surface area contributed by atoms with Gasteiger partial charge in [0, 0.05) is 18.7 Å². The Hall–Kier alpha value is -2.82. The van der Waals surface area contributed by atoms with Gasteiger partial charge in [-0.1, -0.05) is 48.5 Å². The number of ether oxygens (including phenoxy) is 1. The molecule has 3 rings (SSSR count). The lowest BCUT2D eigenvalue weighted by Gasteiger charge is -2.30. The summed E-state index contributed by atoms with van der Waals surface area (Å²) in [7, 11) is 0. The van der Waals surface area contributed by atoms with Crippen LogP contribution >= 0.6 is 0 Å². The largest absolute Gasteiger partial charge is 0.492 e. The Labute approximate surface area is 153 Å². The minimum Gasteiger partial charge on any atom is -0.492 e. The summed E-state index contributed by atoms with van der Waals surface area (Å²) in [5, 5.41) is 9.14. The van der Waals surface area contributed by atoms with E-state index in [1.165, 1.54) is 0 Å². The fourth-order valence-electron chi connectivity index (χ4n) is 3.26. The van der Waals surface area contributed by atoms with Crippen LogP contribution in [-0.4, -0.2) is 41.6 Å². The van der Waals surface area contributed by atoms with Gasteiger partial charge in [0.15, 0.2) is 0 Å². The van der Waals surface area contributed by atoms with Gasteiger partial charge < -0.3 is 14.7 Å². The summed E-state index contributed by atoms with van der Waals surface area (Å²) in [6, 6.07) is 17.7. The highest BCUT2D eigenvalue weighted by atomic mass is 16.5. The highest BCUT2D eigenvalue weighted by Gasteiger charge is 2.27. The Kier molecular flexibility index (Phi) is 5.89. The van der Waals surface area contributed by atoms with Crippen LogP contribution in [0.5, 0.6) is 5.75 Å². The van der Waals surface area contributed by atoms with E-state index in [-0.39, 0.29) is 18.9 Å². The van der Waals surface area contributed by atoms with E-state index in [0.29, 0.717) is 19.5 Å². The first-order chi connectivity index (χ1) is 12.6. The molecule has 2 aromatic rings. The van der Waals surface area contributed by atoms with Gasteiger partial charge in [0.25, 0.3) is 0 Å². The van der Waals surface area contributed by atoms with Gasteiger partial charge in [-0.3, -0.25) is 9.59 Å². The number of carbonyl (C=O) groups is 2. The van der Waals surface area contributed by atoms with Crippen LogP contribution in [0.1, 0.15) is 19.3 Å². The van der Waals surface area contributed by atoms with Crippen molar-refractivity contribution in [2.75, 3.05) is 19.7 Å². The molecule has 1 saturated heterocycles. The molecule has 5 nitrogen and oxygen atoms in total. The van der Waals surface area contributed by atoms with Crippen LogP contribution in [0.4, 0.5) is 0 Å². The predicted octanol–water partition coefficient (Wildman–Crippen LogP) is 3.45. The highest BCUT2D eigenvalue weighted by Crippen LogP contribution is 2.29. The summed E-state index contributed by atoms with van der Waals surface area (Å²) in [5.41, 5.74) is 2.05. The summed E-state index contributed by atoms with van der Waals surface area (Å²) in [6.07, 6.45) is 1.62. The van der Waals surface area contributed by atoms with Crippen LogP contribution in [0.25, 0.3) is 11.1 Å². The van der Waals surface area contributed by atoms with E-state index in [1.54, 1.807) is 4.90 Å². The zero-order valence-electron chi connectivity index (χ0n) is 14.6. The topological polar surface area (TPSA) is 66.8 Å². The van der Waals surface area contributed by atoms with Crippen molar-refractivity contribution in [1.82, 2.24) is 4.90 Å². The molecule has 2 aromatic carbocycles. The average molecular weight is 353 g/mol. The second kappa shape index (κ2) is 8.52. The van der Waals surface area contributed by atoms with Gasteiger partial charge in [0.1, 0.15) is 5.75 Å². The third-order valence-corrected chi connectivity index (χ3v) is 4.67. The minimum atomic E-state index is -0.824. The number of benzene rings is 2. The molecule has 0 saturated carbocycles. The van der Waals surface area contributed by atoms with Crippen molar-refractivity contribution >= 4 is 11.9 Å². The van der Waals surface area contributed by atoms with Crippen LogP contribution in [0, 0.1) is 5.92 Å². The first-order valence-corrected chi connectivity index (χ1v) is 8.93. The third-order valence-electron chi connectivity index (χ3n) is 4.67. The summed E-state index contributed by atoms with van der Waals surface area (Å²) < 4.78 is 5.86. The zero-order chi connectivity index (χ0) is 18.4. The number of hydrogen-bond acceptors (Lipinski definition) is 3. The molecule has 1 heterocycles. The maximum Gasteiger partial charge on any atom is 0.308 e. The Morgan fingerprint density at radius 3 is 2.58 bits per heavy atom. The van der Waals surface area contributed by atoms with E-state index >= 15 is 0 Å². The van der Waals surface area contributed by atoms with Crippen LogP contribution in [0.3, 0.4) is 0 Å². The lowest BCUT2D eigenvalue weighted by atomic mass is 9.98. The number of carboxylic acid groups (broad SMARTS) is 1. The predicted molar refractivity (Wildman–Crippen MR) is 98.9 cm³/mol. The fraction of sp³-hybridized carbons (Fsp3) is 0.333. The number of amides is 1. The Bertz CT molecular complexity index is 760. The number of carboxylic acids is 1. The van der Waals surface area contributed by atoms with Crippen LogP contribution in [-0.2, 0) is 9.59 Å². The van der Waals surface area contributed by atoms with Gasteiger partial charge in [0.2, 0.25) is 5.91 Å². The van der Waals surface area contributed by atoms with Crippen molar-refractivity contribution in [2.45, 2.75) is 19.3 Å². The van der Waals surface area contributed by atoms with E-state index in [0.717, 1.165) is 23.3 Å². The molecule has 1 atom stereocenters. The lowest BCUT2D eigenvalue weighted by Crippen LogP contribution is -2.42. The van der Waals surface area contributed by atoms with Crippen LogP contribution < -0.4 is 4.74 Å². The standard InChI is InChI=1S/C21H23NO4/c23-20(22-13-6-9-17(15-22)21(24)25)12-14-26-19-11-5-4-10-18(19)16-7-2-1-3-8-16/h1-5,7-8,10-11,17H,6,9,12-15H2,(H,24,25). The Morgan fingerprint density at radius 1 is 1.08 bits per heavy atom. The zero-order valence-corrected chi connectivity index (χ0v) is 14.6. The quantitative estimate of drug-likeness (QED) is 0.864. The molecule has 1 aliphatic heterocycles. The monoisotopic (exact) mass is 353 g/mol. The number of nitrogens with zero attached hydrogens (tertiary/aromatic N) is 1. The average Bonchev–Trinajstić information content (AvgIpc) is 2.69. The molecular formula is C21H23NO4. The first kappa shape index (κ1) is 18.0. The minimum absolute atomic E-state index is 0.0480. The lowest BCUT2D eigenvalue weighted by molar-refractivity contribution is -0.145. The first-order valence-electron chi connectivity index (χ1n) is 8.93. The normalized spacial score (nSPS) is 16.9. The van der Waals surface area contributed by atoms with Crippen molar-refractivity contribution in [3.8, 4) is 16.9 Å². The molecule has 1 amide bonds. The molecule has 0 bridgehead atoms. The number of para-hydroxylation sites is 1. The second-order valence-corrected chi connectivity index (χ2v) is 6.48. The molecule has 1 N–H and O–H groups in total. The number of aliphatic carboxylic acids is 1. The third kappa shape index (κ3) is 4.42. The van der Waals surface area contributed by atoms with Gasteiger partial charge in [-0.25, -0.2) is 0 Å². The van der Waals surface area contributed by atoms with Crippen molar-refractivity contribution in [3.63, 3.8) is 0 Å². The molecule has 0 aliphatic carbocycles. The summed E-state index contributed by atoms with van der Waals surface area (Å²) in [4.78, 5) is 25.1. The van der Waals surface area contributed by atoms with Gasteiger partial charge in [-0.2, -0.15) is 0 Å². The van der Waals surface area contributed by atoms with E-state index in [1.807, 2.05) is 54.6 Å². The maximum atomic E-state index is 12.4. The number of hydrogen-bond donors (Lipinski definition) is 1. The van der Waals surface area contributed by atoms with Crippen molar-refractivity contribution in [2.24, 2.45) is 5.92 Å². The Balaban J connectivity index is 1.57. The SMILES string of the molecule is O=C(O)C1CCCN(C(=O)CCOc2ccccc2-c2ccccc2)C1. The van der Waals surface area contributed by atoms with E-state index < -0.39 is 11.9 Å². The molecule has 0 aromatic heterocycles. The van der Waals surface area contributed by atoms with Crippen molar-refractivity contribution in [3.05, 3.63) is 54.6 Å². The summed E-state index contributed by atoms with van der Waals surface area (Å²) >= 11 is 0. The molecule has 1 unspecified atom stereocenters. The summed E-state index contributed by atoms with van der Waals surface area (Å²) in [6.45, 7) is 1.20. The summed E-state index contributed by atoms with van der Waals surface area (Å²) in [5.74, 6) is -0.579. The molecule has 1 aliphatic rings. The Morgan fingerprint density at radius 2 is 1.81 bits per heavy atom. The van der Waals surface area contributed by atoms with E-state index in [4.69, 9.17) is 9.84 Å². The van der Waals surface area contributed by atoms with Crippen molar-refractivity contribution < 1.29 is 19.4 Å². The van der Waals surface area contributed by atoms with Crippen molar-refractivity contribution in [1.29, 1.82) is 0 Å². The highest BCUT2D eigenvalue weighted by molar-refractivity contribution is 5.78. The van der Waals surface area contributed by atoms with Crippen LogP contribution in [0.15, 0.2) is 54.6 Å². The molecule has 1 fully saturated rings. The molecule has 0 radical (unpaired) electrons. The van der Waals surface area contributed by atoms with E-state index in [2.05, 4.69) is 0 Å². The van der Waals surface area contributed by atoms with Gasteiger partial charge in [0.05, 0.1) is 18.9 Å². The number of piperidine rings is 1. The number of carbonyl (C=O) groups excluding carboxylic acids is 1. The smallest absolute Gasteiger partial charge is 0.308 e. The maximum absolute atomic E-state index is 12.4. The molecule has 0 spiro atoms.